The second-order valence-corrected chi connectivity index (χ2v) is 13.4. The monoisotopic (exact) mass is 558 g/mol. The van der Waals surface area contributed by atoms with Crippen molar-refractivity contribution in [3.8, 4) is 0 Å². The summed E-state index contributed by atoms with van der Waals surface area (Å²) in [4.78, 5) is 22.0. The molecule has 0 bridgehead atoms. The Morgan fingerprint density at radius 3 is 2.42 bits per heavy atom. The molecule has 7 unspecified atom stereocenters. The molecule has 3 saturated carbocycles. The van der Waals surface area contributed by atoms with Gasteiger partial charge in [0.2, 0.25) is 0 Å². The van der Waals surface area contributed by atoms with Gasteiger partial charge in [0.15, 0.2) is 0 Å². The van der Waals surface area contributed by atoms with Crippen LogP contribution in [0.5, 0.6) is 0 Å². The number of ketones is 1. The fraction of sp³-hybridized carbons (Fsp3) is 0.800. The number of quaternary nitrogens is 1. The number of esters is 1. The molecule has 8 heteroatoms. The van der Waals surface area contributed by atoms with E-state index < -0.39 is 12.3 Å². The summed E-state index contributed by atoms with van der Waals surface area (Å²) < 4.78 is 35.4. The first kappa shape index (κ1) is 31.3. The van der Waals surface area contributed by atoms with Crippen molar-refractivity contribution in [1.82, 2.24) is 0 Å². The normalized spacial score (nSPS) is 37.2. The van der Waals surface area contributed by atoms with Gasteiger partial charge in [-0.2, -0.15) is 11.8 Å². The molecule has 0 aliphatic heterocycles. The maximum atomic E-state index is 12.5. The van der Waals surface area contributed by atoms with E-state index in [4.69, 9.17) is 0 Å². The van der Waals surface area contributed by atoms with E-state index >= 15 is 0 Å². The molecule has 3 fully saturated rings. The largest absolute Gasteiger partial charge is 0.575 e. The Morgan fingerprint density at radius 1 is 1.16 bits per heavy atom. The fourth-order valence-corrected chi connectivity index (χ4v) is 9.54. The third kappa shape index (κ3) is 6.71. The zero-order valence-corrected chi connectivity index (χ0v) is 24.6. The van der Waals surface area contributed by atoms with Gasteiger partial charge in [-0.25, -0.2) is 0 Å². The van der Waals surface area contributed by atoms with Crippen molar-refractivity contribution >= 4 is 23.5 Å². The predicted molar refractivity (Wildman–Crippen MR) is 146 cm³/mol. The third-order valence-electron chi connectivity index (χ3n) is 10.0. The zero-order valence-electron chi connectivity index (χ0n) is 23.8. The summed E-state index contributed by atoms with van der Waals surface area (Å²) in [5.41, 5.74) is 8.08. The number of halogens is 3. The highest BCUT2D eigenvalue weighted by atomic mass is 32.2. The maximum Gasteiger partial charge on any atom is 0.575 e. The first-order chi connectivity index (χ1) is 17.8. The molecule has 0 radical (unpaired) electrons. The van der Waals surface area contributed by atoms with Crippen molar-refractivity contribution < 1.29 is 33.2 Å². The van der Waals surface area contributed by atoms with E-state index in [0.29, 0.717) is 30.0 Å². The van der Waals surface area contributed by atoms with Crippen LogP contribution in [-0.4, -0.2) is 36.2 Å². The molecule has 4 rings (SSSR count). The quantitative estimate of drug-likeness (QED) is 0.289. The lowest BCUT2D eigenvalue weighted by molar-refractivity contribution is -0.360. The minimum Gasteiger partial charge on any atom is -0.373 e. The van der Waals surface area contributed by atoms with Gasteiger partial charge in [-0.15, -0.1) is 13.2 Å². The van der Waals surface area contributed by atoms with E-state index in [0.717, 1.165) is 37.1 Å². The van der Waals surface area contributed by atoms with Gasteiger partial charge in [0.05, 0.1) is 6.54 Å². The van der Waals surface area contributed by atoms with E-state index in [2.05, 4.69) is 55.2 Å². The highest BCUT2D eigenvalue weighted by Crippen LogP contribution is 2.68. The average Bonchev–Trinajstić information content (AvgIpc) is 3.16. The number of Topliss-reactive ketones (excluding diaryl/α,β-unsaturated/α-hetero) is 1. The van der Waals surface area contributed by atoms with Gasteiger partial charge in [0.25, 0.3) is 0 Å². The number of rotatable bonds is 6. The van der Waals surface area contributed by atoms with Crippen molar-refractivity contribution in [3.05, 3.63) is 23.3 Å². The maximum absolute atomic E-state index is 12.5. The van der Waals surface area contributed by atoms with Gasteiger partial charge < -0.3 is 10.5 Å². The fourth-order valence-electron chi connectivity index (χ4n) is 8.57. The Bertz CT molecular complexity index is 932. The number of thioether (sulfide) groups is 1. The van der Waals surface area contributed by atoms with Crippen molar-refractivity contribution in [2.45, 2.75) is 92.3 Å². The van der Waals surface area contributed by atoms with Gasteiger partial charge in [0, 0.05) is 24.3 Å². The van der Waals surface area contributed by atoms with E-state index in [1.807, 2.05) is 6.92 Å². The third-order valence-corrected chi connectivity index (χ3v) is 11.2. The lowest BCUT2D eigenvalue weighted by atomic mass is 9.45. The zero-order chi connectivity index (χ0) is 28.3. The van der Waals surface area contributed by atoms with Crippen LogP contribution in [0.3, 0.4) is 0 Å². The second kappa shape index (κ2) is 12.5. The van der Waals surface area contributed by atoms with Crippen LogP contribution in [0.2, 0.25) is 0 Å². The van der Waals surface area contributed by atoms with E-state index in [-0.39, 0.29) is 5.41 Å². The van der Waals surface area contributed by atoms with Crippen molar-refractivity contribution in [3.63, 3.8) is 0 Å². The van der Waals surface area contributed by atoms with Gasteiger partial charge in [0.1, 0.15) is 5.78 Å². The number of carbonyl (C=O) groups is 2. The summed E-state index contributed by atoms with van der Waals surface area (Å²) in [5.74, 6) is 4.98. The number of carbonyl (C=O) groups excluding carboxylic acids is 2. The summed E-state index contributed by atoms with van der Waals surface area (Å²) in [6, 6.07) is 0. The average molecular weight is 559 g/mol. The summed E-state index contributed by atoms with van der Waals surface area (Å²) in [7, 11) is 0. The molecule has 38 heavy (non-hydrogen) atoms. The summed E-state index contributed by atoms with van der Waals surface area (Å²) in [6.45, 7) is 10.9. The molecule has 0 aromatic heterocycles. The van der Waals surface area contributed by atoms with Crippen LogP contribution < -0.4 is 5.73 Å². The smallest absolute Gasteiger partial charge is 0.373 e. The molecule has 4 nitrogen and oxygen atoms in total. The molecular formula is C30H47F3NO3S+. The Kier molecular flexibility index (Phi) is 10.3. The van der Waals surface area contributed by atoms with Crippen LogP contribution in [0.1, 0.15) is 86.0 Å². The Balaban J connectivity index is 0.000000436. The number of fused-ring (bicyclic) bond motifs is 5. The topological polar surface area (TPSA) is 71.0 Å². The predicted octanol–water partition coefficient (Wildman–Crippen LogP) is 6.76. The summed E-state index contributed by atoms with van der Waals surface area (Å²) in [5, 5.41) is 0. The molecule has 0 saturated heterocycles. The SMILES string of the molecule is CC(=O)OC(F)(F)F.CC/C=C1/C=C2C(CSCC[NH3+])CC3C(CCC4(C)C(C(C)=O)CCC34)C2(C)CC1. The molecule has 0 amide bonds. The van der Waals surface area contributed by atoms with Crippen molar-refractivity contribution in [1.29, 1.82) is 0 Å². The standard InChI is InChI=1S/C27H43NOS.C3H3F3O2/c1-5-6-19-9-11-27(4)24-10-12-26(3)22(18(2)29)7-8-23(26)21(24)16-20(25(27)15-19)17-30-14-13-28;1-2(7)8-3(4,5)6/h6,15,20-24H,5,7-14,16-17,28H2,1-4H3;1H3/p+1/b19-6+;. The first-order valence-electron chi connectivity index (χ1n) is 14.3. The van der Waals surface area contributed by atoms with Crippen LogP contribution >= 0.6 is 11.8 Å². The second-order valence-electron chi connectivity index (χ2n) is 12.3. The molecule has 0 spiro atoms. The highest BCUT2D eigenvalue weighted by molar-refractivity contribution is 7.99. The van der Waals surface area contributed by atoms with Crippen LogP contribution in [-0.2, 0) is 14.3 Å². The molecule has 0 aromatic carbocycles. The first-order valence-corrected chi connectivity index (χ1v) is 15.5. The van der Waals surface area contributed by atoms with Gasteiger partial charge in [-0.1, -0.05) is 44.1 Å². The summed E-state index contributed by atoms with van der Waals surface area (Å²) in [6.07, 6.45) is 10.4. The minimum absolute atomic E-state index is 0.261. The van der Waals surface area contributed by atoms with Gasteiger partial charge in [-0.3, -0.25) is 9.59 Å². The van der Waals surface area contributed by atoms with Crippen LogP contribution in [0.15, 0.2) is 23.3 Å². The number of alkyl halides is 3. The summed E-state index contributed by atoms with van der Waals surface area (Å²) >= 11 is 2.12. The highest BCUT2D eigenvalue weighted by Gasteiger charge is 2.60. The Labute approximate surface area is 230 Å². The molecule has 3 N–H and O–H groups in total. The number of ether oxygens (including phenoxy) is 1. The Hall–Kier alpha value is -1.28. The van der Waals surface area contributed by atoms with E-state index in [1.54, 1.807) is 11.1 Å². The molecule has 216 valence electrons. The molecule has 4 aliphatic rings. The van der Waals surface area contributed by atoms with E-state index in [9.17, 15) is 22.8 Å². The number of hydrogen-bond donors (Lipinski definition) is 1. The molecule has 4 aliphatic carbocycles. The van der Waals surface area contributed by atoms with Gasteiger partial charge >= 0.3 is 12.3 Å². The van der Waals surface area contributed by atoms with Gasteiger partial charge in [-0.05, 0) is 92.8 Å². The van der Waals surface area contributed by atoms with Crippen LogP contribution in [0.4, 0.5) is 13.2 Å². The van der Waals surface area contributed by atoms with Crippen LogP contribution in [0, 0.1) is 40.4 Å². The van der Waals surface area contributed by atoms with Crippen LogP contribution in [0.25, 0.3) is 0 Å². The van der Waals surface area contributed by atoms with E-state index in [1.165, 1.54) is 50.0 Å². The number of hydrogen-bond acceptors (Lipinski definition) is 4. The lowest BCUT2D eigenvalue weighted by Crippen LogP contribution is -2.53. The molecule has 0 aromatic rings. The molecule has 7 atom stereocenters. The molecule has 0 heterocycles. The minimum atomic E-state index is -4.83. The number of allylic oxidation sites excluding steroid dienone is 4. The molecular weight excluding hydrogens is 511 g/mol. The Morgan fingerprint density at radius 2 is 1.87 bits per heavy atom. The van der Waals surface area contributed by atoms with Crippen molar-refractivity contribution in [2.75, 3.05) is 18.1 Å². The van der Waals surface area contributed by atoms with Crippen molar-refractivity contribution in [2.24, 2.45) is 40.4 Å². The lowest BCUT2D eigenvalue weighted by Gasteiger charge is -2.60.